The molecule has 0 radical (unpaired) electrons. The summed E-state index contributed by atoms with van der Waals surface area (Å²) in [6.07, 6.45) is -3.28. The Morgan fingerprint density at radius 2 is 1.69 bits per heavy atom. The second-order valence-electron chi connectivity index (χ2n) is 9.10. The van der Waals surface area contributed by atoms with Crippen molar-refractivity contribution in [2.45, 2.75) is 39.0 Å². The van der Waals surface area contributed by atoms with Gasteiger partial charge in [0, 0.05) is 22.8 Å². The van der Waals surface area contributed by atoms with E-state index in [1.54, 1.807) is 6.07 Å². The van der Waals surface area contributed by atoms with Crippen LogP contribution in [0.1, 0.15) is 37.7 Å². The molecule has 0 saturated carbocycles. The molecule has 0 bridgehead atoms. The first-order chi connectivity index (χ1) is 16.9. The number of halogens is 3. The second kappa shape index (κ2) is 10.1. The number of nitrogens with one attached hydrogen (secondary N) is 1. The van der Waals surface area contributed by atoms with Gasteiger partial charge >= 0.3 is 14.8 Å². The molecule has 0 aliphatic rings. The summed E-state index contributed by atoms with van der Waals surface area (Å²) in [6, 6.07) is 14.7. The highest BCUT2D eigenvalue weighted by Gasteiger charge is 2.34. The van der Waals surface area contributed by atoms with Gasteiger partial charge in [0.25, 0.3) is 0 Å². The zero-order valence-electron chi connectivity index (χ0n) is 19.7. The van der Waals surface area contributed by atoms with Crippen LogP contribution in [0.4, 0.5) is 24.7 Å². The van der Waals surface area contributed by atoms with Crippen LogP contribution < -0.4 is 5.32 Å². The maximum Gasteiger partial charge on any atom is 0.418 e. The van der Waals surface area contributed by atoms with E-state index in [4.69, 9.17) is 14.3 Å². The molecule has 4 rings (SSSR count). The van der Waals surface area contributed by atoms with Crippen LogP contribution in [0, 0.1) is 0 Å². The van der Waals surface area contributed by atoms with Crippen molar-refractivity contribution in [2.24, 2.45) is 0 Å². The van der Waals surface area contributed by atoms with Crippen LogP contribution in [-0.4, -0.2) is 24.7 Å². The summed E-state index contributed by atoms with van der Waals surface area (Å²) >= 11 is 0. The average molecular weight is 516 g/mol. The molecule has 2 aromatic carbocycles. The molecule has 0 amide bonds. The number of nitrogens with zero attached hydrogens (tertiary/aromatic N) is 3. The molecule has 2 aromatic heterocycles. The fraction of sp³-hybridized carbons (Fsp3) is 0.240. The first-order valence-electron chi connectivity index (χ1n) is 10.9. The molecule has 0 aliphatic heterocycles. The molecule has 36 heavy (non-hydrogen) atoms. The first-order valence-corrected chi connectivity index (χ1v) is 12.1. The van der Waals surface area contributed by atoms with Gasteiger partial charge in [0.2, 0.25) is 0 Å². The lowest BCUT2D eigenvalue weighted by atomic mass is 9.87. The fourth-order valence-corrected chi connectivity index (χ4v) is 3.89. The van der Waals surface area contributed by atoms with Crippen LogP contribution in [-0.2, 0) is 22.7 Å². The highest BCUT2D eigenvalue weighted by Crippen LogP contribution is 2.37. The third-order valence-corrected chi connectivity index (χ3v) is 5.81. The Kier molecular flexibility index (Phi) is 7.24. The number of rotatable bonds is 6. The number of pyridine rings is 1. The smallest absolute Gasteiger partial charge is 0.340 e. The molecule has 7 nitrogen and oxygen atoms in total. The van der Waals surface area contributed by atoms with Crippen molar-refractivity contribution in [1.29, 1.82) is 0 Å². The predicted octanol–water partition coefficient (Wildman–Crippen LogP) is 6.48. The van der Waals surface area contributed by atoms with E-state index in [2.05, 4.69) is 41.0 Å². The minimum absolute atomic E-state index is 0.0191. The molecule has 0 spiro atoms. The number of benzene rings is 2. The summed E-state index contributed by atoms with van der Waals surface area (Å²) in [6.45, 7) is 6.04. The zero-order valence-corrected chi connectivity index (χ0v) is 20.6. The lowest BCUT2D eigenvalue weighted by molar-refractivity contribution is -0.137. The Morgan fingerprint density at radius 1 is 0.972 bits per heavy atom. The van der Waals surface area contributed by atoms with Gasteiger partial charge in [-0.25, -0.2) is 9.97 Å². The Morgan fingerprint density at radius 3 is 2.33 bits per heavy atom. The van der Waals surface area contributed by atoms with Gasteiger partial charge in [0.1, 0.15) is 12.4 Å². The standard InChI is InChI=1S/C25H24F3N4O3P/c1-24(2,3)16-7-9-17(10-8-16)30-23-18-11-6-15(22-19(25(26,27)28)5-4-12-29-22)13-20(18)31-21(32-23)14-35-36(33)34/h4-13,33-34H,14H2,1-3H3,(H,30,31,32). The molecule has 3 N–H and O–H groups in total. The summed E-state index contributed by atoms with van der Waals surface area (Å²) in [5.41, 5.74) is 1.37. The van der Waals surface area contributed by atoms with E-state index in [0.717, 1.165) is 17.3 Å². The van der Waals surface area contributed by atoms with Gasteiger partial charge in [-0.2, -0.15) is 13.2 Å². The predicted molar refractivity (Wildman–Crippen MR) is 132 cm³/mol. The third-order valence-electron chi connectivity index (χ3n) is 5.45. The van der Waals surface area contributed by atoms with Crippen molar-refractivity contribution in [3.63, 3.8) is 0 Å². The minimum Gasteiger partial charge on any atom is -0.340 e. The van der Waals surface area contributed by atoms with Crippen molar-refractivity contribution in [2.75, 3.05) is 5.32 Å². The van der Waals surface area contributed by atoms with Gasteiger partial charge in [0.15, 0.2) is 5.82 Å². The largest absolute Gasteiger partial charge is 0.418 e. The monoisotopic (exact) mass is 516 g/mol. The third kappa shape index (κ3) is 5.96. The van der Waals surface area contributed by atoms with Crippen molar-refractivity contribution in [3.8, 4) is 11.3 Å². The molecule has 0 fully saturated rings. The molecule has 0 atom stereocenters. The Balaban J connectivity index is 1.79. The molecule has 2 heterocycles. The highest BCUT2D eigenvalue weighted by atomic mass is 31.2. The van der Waals surface area contributed by atoms with E-state index in [0.29, 0.717) is 16.7 Å². The maximum atomic E-state index is 13.6. The number of fused-ring (bicyclic) bond motifs is 1. The Labute approximate surface area is 207 Å². The topological polar surface area (TPSA) is 100 Å². The Hall–Kier alpha value is -3.17. The maximum absolute atomic E-state index is 13.6. The fourth-order valence-electron chi connectivity index (χ4n) is 3.65. The van der Waals surface area contributed by atoms with Crippen LogP contribution >= 0.6 is 8.60 Å². The van der Waals surface area contributed by atoms with Gasteiger partial charge in [-0.1, -0.05) is 39.0 Å². The first kappa shape index (κ1) is 25.9. The van der Waals surface area contributed by atoms with Crippen molar-refractivity contribution >= 4 is 31.0 Å². The summed E-state index contributed by atoms with van der Waals surface area (Å²) in [5.74, 6) is 0.520. The normalized spacial score (nSPS) is 12.4. The van der Waals surface area contributed by atoms with Crippen LogP contribution in [0.5, 0.6) is 0 Å². The minimum atomic E-state index is -4.57. The number of aromatic nitrogens is 3. The van der Waals surface area contributed by atoms with E-state index < -0.39 is 20.3 Å². The van der Waals surface area contributed by atoms with E-state index in [9.17, 15) is 13.2 Å². The average Bonchev–Trinajstić information content (AvgIpc) is 2.81. The number of anilines is 2. The van der Waals surface area contributed by atoms with Gasteiger partial charge < -0.3 is 19.6 Å². The SMILES string of the molecule is CC(C)(C)c1ccc(Nc2nc(COP(O)O)nc3cc(-c4ncccc4C(F)(F)F)ccc23)cc1. The van der Waals surface area contributed by atoms with Gasteiger partial charge in [0.05, 0.1) is 16.8 Å². The van der Waals surface area contributed by atoms with Gasteiger partial charge in [-0.3, -0.25) is 4.98 Å². The van der Waals surface area contributed by atoms with Crippen LogP contribution in [0.2, 0.25) is 0 Å². The summed E-state index contributed by atoms with van der Waals surface area (Å²) in [7, 11) is -2.64. The lowest BCUT2D eigenvalue weighted by Gasteiger charge is -2.19. The van der Waals surface area contributed by atoms with Gasteiger partial charge in [-0.05, 0) is 47.4 Å². The zero-order chi connectivity index (χ0) is 26.1. The van der Waals surface area contributed by atoms with Crippen molar-refractivity contribution in [3.05, 3.63) is 77.7 Å². The summed E-state index contributed by atoms with van der Waals surface area (Å²) in [5, 5.41) is 3.78. The van der Waals surface area contributed by atoms with Crippen LogP contribution in [0.15, 0.2) is 60.8 Å². The van der Waals surface area contributed by atoms with Crippen LogP contribution in [0.25, 0.3) is 22.2 Å². The van der Waals surface area contributed by atoms with Crippen LogP contribution in [0.3, 0.4) is 0 Å². The molecular weight excluding hydrogens is 492 g/mol. The van der Waals surface area contributed by atoms with Crippen molar-refractivity contribution in [1.82, 2.24) is 15.0 Å². The van der Waals surface area contributed by atoms with E-state index >= 15 is 0 Å². The van der Waals surface area contributed by atoms with E-state index in [1.807, 2.05) is 24.3 Å². The van der Waals surface area contributed by atoms with E-state index in [-0.39, 0.29) is 29.1 Å². The molecule has 11 heteroatoms. The lowest BCUT2D eigenvalue weighted by Crippen LogP contribution is -2.10. The molecule has 188 valence electrons. The van der Waals surface area contributed by atoms with E-state index in [1.165, 1.54) is 24.4 Å². The highest BCUT2D eigenvalue weighted by molar-refractivity contribution is 7.39. The number of hydrogen-bond acceptors (Lipinski definition) is 7. The molecule has 0 saturated heterocycles. The second-order valence-corrected chi connectivity index (χ2v) is 9.86. The molecule has 4 aromatic rings. The quantitative estimate of drug-likeness (QED) is 0.252. The molecule has 0 unspecified atom stereocenters. The summed E-state index contributed by atoms with van der Waals surface area (Å²) < 4.78 is 45.6. The Bertz CT molecular complexity index is 1370. The molecule has 0 aliphatic carbocycles. The summed E-state index contributed by atoms with van der Waals surface area (Å²) in [4.78, 5) is 31.0. The number of alkyl halides is 3. The van der Waals surface area contributed by atoms with Crippen molar-refractivity contribution < 1.29 is 27.5 Å². The number of hydrogen-bond donors (Lipinski definition) is 3. The molecular formula is C25H24F3N4O3P. The van der Waals surface area contributed by atoms with Gasteiger partial charge in [-0.15, -0.1) is 0 Å².